The summed E-state index contributed by atoms with van der Waals surface area (Å²) in [6.45, 7) is 1.72. The molecule has 0 aromatic heterocycles. The smallest absolute Gasteiger partial charge is 0.249 e. The highest BCUT2D eigenvalue weighted by Crippen LogP contribution is 2.36. The number of carbonyl (C=O) groups is 2. The summed E-state index contributed by atoms with van der Waals surface area (Å²) >= 11 is 0. The molecule has 1 aromatic carbocycles. The fourth-order valence-electron chi connectivity index (χ4n) is 3.90. The monoisotopic (exact) mass is 330 g/mol. The molecule has 2 bridgehead atoms. The molecular weight excluding hydrogens is 308 g/mol. The molecule has 24 heavy (non-hydrogen) atoms. The Kier molecular flexibility index (Phi) is 3.92. The minimum absolute atomic E-state index is 0.0336. The predicted molar refractivity (Wildman–Crippen MR) is 87.9 cm³/mol. The van der Waals surface area contributed by atoms with Crippen LogP contribution in [-0.4, -0.2) is 55.7 Å². The van der Waals surface area contributed by atoms with Crippen molar-refractivity contribution < 1.29 is 19.1 Å². The zero-order valence-corrected chi connectivity index (χ0v) is 13.8. The number of para-hydroxylation sites is 2. The van der Waals surface area contributed by atoms with Gasteiger partial charge in [0.25, 0.3) is 0 Å². The lowest BCUT2D eigenvalue weighted by Crippen LogP contribution is -2.49. The van der Waals surface area contributed by atoms with E-state index in [1.54, 1.807) is 16.8 Å². The van der Waals surface area contributed by atoms with Crippen LogP contribution in [0.4, 0.5) is 5.69 Å². The van der Waals surface area contributed by atoms with Gasteiger partial charge in [-0.05, 0) is 25.0 Å². The number of fused-ring (bicyclic) bond motifs is 3. The van der Waals surface area contributed by atoms with E-state index in [1.807, 2.05) is 24.3 Å². The number of likely N-dealkylation sites (tertiary alicyclic amines) is 1. The molecule has 3 aliphatic rings. The number of likely N-dealkylation sites (N-methyl/N-ethyl adjacent to an activating group) is 1. The van der Waals surface area contributed by atoms with Crippen molar-refractivity contribution in [2.45, 2.75) is 31.4 Å². The topological polar surface area (TPSA) is 59.1 Å². The van der Waals surface area contributed by atoms with Crippen molar-refractivity contribution in [3.8, 4) is 5.75 Å². The summed E-state index contributed by atoms with van der Waals surface area (Å²) in [4.78, 5) is 29.3. The molecule has 0 aliphatic carbocycles. The second kappa shape index (κ2) is 6.09. The maximum Gasteiger partial charge on any atom is 0.249 e. The van der Waals surface area contributed by atoms with E-state index in [-0.39, 0.29) is 23.8 Å². The highest BCUT2D eigenvalue weighted by Gasteiger charge is 2.45. The van der Waals surface area contributed by atoms with Gasteiger partial charge in [0.2, 0.25) is 11.8 Å². The van der Waals surface area contributed by atoms with Crippen LogP contribution in [0.5, 0.6) is 5.75 Å². The summed E-state index contributed by atoms with van der Waals surface area (Å²) in [5, 5.41) is 0. The molecule has 0 spiro atoms. The molecule has 0 N–H and O–H groups in total. The Morgan fingerprint density at radius 3 is 2.75 bits per heavy atom. The van der Waals surface area contributed by atoms with Crippen LogP contribution in [0.1, 0.15) is 19.3 Å². The summed E-state index contributed by atoms with van der Waals surface area (Å²) in [7, 11) is 1.75. The minimum Gasteiger partial charge on any atom is -0.486 e. The van der Waals surface area contributed by atoms with Crippen molar-refractivity contribution in [2.24, 2.45) is 5.92 Å². The molecule has 2 unspecified atom stereocenters. The maximum atomic E-state index is 13.0. The zero-order chi connectivity index (χ0) is 16.7. The number of amides is 2. The van der Waals surface area contributed by atoms with Crippen LogP contribution in [0.3, 0.4) is 0 Å². The van der Waals surface area contributed by atoms with Gasteiger partial charge >= 0.3 is 0 Å². The molecule has 0 radical (unpaired) electrons. The maximum absolute atomic E-state index is 13.0. The highest BCUT2D eigenvalue weighted by atomic mass is 16.5. The Labute approximate surface area is 141 Å². The van der Waals surface area contributed by atoms with Gasteiger partial charge in [0.15, 0.2) is 0 Å². The van der Waals surface area contributed by atoms with Gasteiger partial charge in [0, 0.05) is 32.6 Å². The summed E-state index contributed by atoms with van der Waals surface area (Å²) in [6.07, 6.45) is 1.90. The molecule has 4 rings (SSSR count). The van der Waals surface area contributed by atoms with Gasteiger partial charge in [-0.1, -0.05) is 12.1 Å². The lowest BCUT2D eigenvalue weighted by Gasteiger charge is -2.31. The van der Waals surface area contributed by atoms with Crippen LogP contribution >= 0.6 is 0 Å². The number of carbonyl (C=O) groups excluding carboxylic acids is 2. The summed E-state index contributed by atoms with van der Waals surface area (Å²) < 4.78 is 11.5. The van der Waals surface area contributed by atoms with Crippen molar-refractivity contribution >= 4 is 17.5 Å². The standard InChI is InChI=1S/C18H22N2O4/c1-19-14-4-2-3-5-16(14)24-13-10-15(18(19)22)20(11-13)17(21)12-6-8-23-9-7-12/h2-5,12-13,15H,6-11H2,1H3. The first-order valence-corrected chi connectivity index (χ1v) is 8.56. The molecule has 3 aliphatic heterocycles. The average molecular weight is 330 g/mol. The quantitative estimate of drug-likeness (QED) is 0.782. The average Bonchev–Trinajstić information content (AvgIpc) is 3.05. The van der Waals surface area contributed by atoms with Crippen LogP contribution < -0.4 is 9.64 Å². The third-order valence-corrected chi connectivity index (χ3v) is 5.25. The highest BCUT2D eigenvalue weighted by molar-refractivity contribution is 6.00. The Morgan fingerprint density at radius 1 is 1.21 bits per heavy atom. The third-order valence-electron chi connectivity index (χ3n) is 5.25. The summed E-state index contributed by atoms with van der Waals surface area (Å²) in [6, 6.07) is 7.12. The number of hydrogen-bond donors (Lipinski definition) is 0. The zero-order valence-electron chi connectivity index (χ0n) is 13.8. The van der Waals surface area contributed by atoms with Crippen molar-refractivity contribution in [3.63, 3.8) is 0 Å². The van der Waals surface area contributed by atoms with Crippen LogP contribution in [0.15, 0.2) is 24.3 Å². The number of ether oxygens (including phenoxy) is 2. The molecule has 128 valence electrons. The number of anilines is 1. The third kappa shape index (κ3) is 2.55. The molecule has 2 fully saturated rings. The van der Waals surface area contributed by atoms with Gasteiger partial charge in [0.05, 0.1) is 12.2 Å². The van der Waals surface area contributed by atoms with E-state index in [2.05, 4.69) is 0 Å². The van der Waals surface area contributed by atoms with Crippen LogP contribution in [0, 0.1) is 5.92 Å². The van der Waals surface area contributed by atoms with Gasteiger partial charge in [-0.25, -0.2) is 0 Å². The van der Waals surface area contributed by atoms with E-state index < -0.39 is 6.04 Å². The van der Waals surface area contributed by atoms with Crippen LogP contribution in [0.25, 0.3) is 0 Å². The van der Waals surface area contributed by atoms with Gasteiger partial charge in [0.1, 0.15) is 17.9 Å². The van der Waals surface area contributed by atoms with E-state index in [9.17, 15) is 9.59 Å². The first-order chi connectivity index (χ1) is 11.6. The van der Waals surface area contributed by atoms with Crippen molar-refractivity contribution in [2.75, 3.05) is 31.7 Å². The van der Waals surface area contributed by atoms with Gasteiger partial charge in [-0.3, -0.25) is 9.59 Å². The molecule has 0 saturated carbocycles. The van der Waals surface area contributed by atoms with Gasteiger partial charge in [-0.2, -0.15) is 0 Å². The first-order valence-electron chi connectivity index (χ1n) is 8.56. The molecule has 2 saturated heterocycles. The molecular formula is C18H22N2O4. The largest absolute Gasteiger partial charge is 0.486 e. The molecule has 2 amide bonds. The van der Waals surface area contributed by atoms with E-state index in [0.717, 1.165) is 18.5 Å². The molecule has 3 heterocycles. The van der Waals surface area contributed by atoms with Crippen LogP contribution in [0.2, 0.25) is 0 Å². The lowest BCUT2D eigenvalue weighted by molar-refractivity contribution is -0.143. The number of hydrogen-bond acceptors (Lipinski definition) is 4. The Hall–Kier alpha value is -2.08. The predicted octanol–water partition coefficient (Wildman–Crippen LogP) is 1.44. The number of nitrogens with zero attached hydrogens (tertiary/aromatic N) is 2. The van der Waals surface area contributed by atoms with Gasteiger partial charge in [-0.15, -0.1) is 0 Å². The van der Waals surface area contributed by atoms with Gasteiger partial charge < -0.3 is 19.3 Å². The Bertz CT molecular complexity index is 656. The van der Waals surface area contributed by atoms with Crippen LogP contribution in [-0.2, 0) is 14.3 Å². The normalized spacial score (nSPS) is 27.3. The van der Waals surface area contributed by atoms with E-state index in [4.69, 9.17) is 9.47 Å². The summed E-state index contributed by atoms with van der Waals surface area (Å²) in [5.74, 6) is 0.703. The van der Waals surface area contributed by atoms with E-state index in [1.165, 1.54) is 0 Å². The fraction of sp³-hybridized carbons (Fsp3) is 0.556. The second-order valence-corrected chi connectivity index (χ2v) is 6.73. The first kappa shape index (κ1) is 15.4. The molecule has 2 atom stereocenters. The Balaban J connectivity index is 1.61. The van der Waals surface area contributed by atoms with Crippen molar-refractivity contribution in [3.05, 3.63) is 24.3 Å². The van der Waals surface area contributed by atoms with Crippen molar-refractivity contribution in [1.29, 1.82) is 0 Å². The second-order valence-electron chi connectivity index (χ2n) is 6.73. The Morgan fingerprint density at radius 2 is 1.96 bits per heavy atom. The fourth-order valence-corrected chi connectivity index (χ4v) is 3.90. The van der Waals surface area contributed by atoms with Crippen molar-refractivity contribution in [1.82, 2.24) is 4.90 Å². The molecule has 6 heteroatoms. The minimum atomic E-state index is -0.427. The lowest BCUT2D eigenvalue weighted by atomic mass is 9.98. The van der Waals surface area contributed by atoms with E-state index in [0.29, 0.717) is 31.9 Å². The molecule has 6 nitrogen and oxygen atoms in total. The summed E-state index contributed by atoms with van der Waals surface area (Å²) in [5.41, 5.74) is 0.762. The van der Waals surface area contributed by atoms with E-state index >= 15 is 0 Å². The number of benzene rings is 1. The molecule has 1 aromatic rings. The SMILES string of the molecule is CN1C(=O)C2CC(CN2C(=O)C2CCOCC2)Oc2ccccc21. The number of rotatable bonds is 1.